The van der Waals surface area contributed by atoms with Gasteiger partial charge in [0, 0.05) is 17.7 Å². The number of rotatable bonds is 3. The van der Waals surface area contributed by atoms with Crippen LogP contribution >= 0.6 is 15.9 Å². The summed E-state index contributed by atoms with van der Waals surface area (Å²) in [7, 11) is 0. The second-order valence-corrected chi connectivity index (χ2v) is 4.78. The van der Waals surface area contributed by atoms with Gasteiger partial charge in [0.1, 0.15) is 17.2 Å². The lowest BCUT2D eigenvalue weighted by Crippen LogP contribution is -1.93. The highest BCUT2D eigenvalue weighted by molar-refractivity contribution is 9.10. The van der Waals surface area contributed by atoms with Crippen molar-refractivity contribution in [2.45, 2.75) is 6.92 Å². The normalized spacial score (nSPS) is 10.2. The molecule has 2 rings (SSSR count). The van der Waals surface area contributed by atoms with Gasteiger partial charge >= 0.3 is 0 Å². The molecule has 5 nitrogen and oxygen atoms in total. The molecular weight excluding hydrogens is 314 g/mol. The lowest BCUT2D eigenvalue weighted by Gasteiger charge is -2.09. The average molecular weight is 324 g/mol. The van der Waals surface area contributed by atoms with Gasteiger partial charge in [-0.3, -0.25) is 10.1 Å². The van der Waals surface area contributed by atoms with Crippen LogP contribution in [0.5, 0.6) is 17.2 Å². The van der Waals surface area contributed by atoms with Crippen LogP contribution in [0.1, 0.15) is 5.56 Å². The van der Waals surface area contributed by atoms with E-state index in [1.807, 2.05) is 0 Å². The third kappa shape index (κ3) is 3.03. The number of benzene rings is 2. The Labute approximate surface area is 117 Å². The maximum atomic E-state index is 10.8. The highest BCUT2D eigenvalue weighted by Crippen LogP contribution is 2.35. The molecule has 0 heterocycles. The van der Waals surface area contributed by atoms with E-state index in [0.29, 0.717) is 21.5 Å². The minimum absolute atomic E-state index is 0.0233. The predicted molar refractivity (Wildman–Crippen MR) is 73.7 cm³/mol. The summed E-state index contributed by atoms with van der Waals surface area (Å²) in [6.07, 6.45) is 0. The molecule has 6 heteroatoms. The summed E-state index contributed by atoms with van der Waals surface area (Å²) in [6.45, 7) is 1.64. The molecule has 2 aromatic carbocycles. The van der Waals surface area contributed by atoms with Crippen molar-refractivity contribution in [3.63, 3.8) is 0 Å². The number of aromatic hydroxyl groups is 1. The van der Waals surface area contributed by atoms with E-state index in [-0.39, 0.29) is 11.4 Å². The lowest BCUT2D eigenvalue weighted by atomic mass is 10.2. The molecule has 0 bridgehead atoms. The van der Waals surface area contributed by atoms with Crippen LogP contribution in [-0.2, 0) is 0 Å². The molecular formula is C13H10BrNO4. The van der Waals surface area contributed by atoms with Crippen LogP contribution in [-0.4, -0.2) is 10.0 Å². The minimum atomic E-state index is -0.446. The Hall–Kier alpha value is -2.08. The summed E-state index contributed by atoms with van der Waals surface area (Å²) in [6, 6.07) is 9.30. The molecule has 19 heavy (non-hydrogen) atoms. The first-order valence-corrected chi connectivity index (χ1v) is 6.18. The highest BCUT2D eigenvalue weighted by atomic mass is 79.9. The summed E-state index contributed by atoms with van der Waals surface area (Å²) < 4.78 is 6.06. The van der Waals surface area contributed by atoms with Crippen molar-refractivity contribution >= 4 is 21.6 Å². The van der Waals surface area contributed by atoms with Crippen LogP contribution in [0.3, 0.4) is 0 Å². The van der Waals surface area contributed by atoms with Crippen molar-refractivity contribution in [3.8, 4) is 17.2 Å². The summed E-state index contributed by atoms with van der Waals surface area (Å²) in [5, 5.41) is 20.1. The molecule has 0 atom stereocenters. The zero-order valence-electron chi connectivity index (χ0n) is 9.96. The van der Waals surface area contributed by atoms with E-state index in [4.69, 9.17) is 4.74 Å². The molecule has 0 amide bonds. The Morgan fingerprint density at radius 1 is 1.32 bits per heavy atom. The van der Waals surface area contributed by atoms with Crippen LogP contribution in [0.25, 0.3) is 0 Å². The SMILES string of the molecule is Cc1cc(Oc2cccc(O)c2)c(Br)cc1[N+](=O)[O-]. The summed E-state index contributed by atoms with van der Waals surface area (Å²) >= 11 is 3.23. The number of phenols is 1. The first kappa shape index (κ1) is 13.4. The number of nitro groups is 1. The monoisotopic (exact) mass is 323 g/mol. The molecule has 0 fully saturated rings. The Morgan fingerprint density at radius 3 is 2.68 bits per heavy atom. The molecule has 0 aliphatic heterocycles. The number of aryl methyl sites for hydroxylation is 1. The summed E-state index contributed by atoms with van der Waals surface area (Å²) in [5.41, 5.74) is 0.526. The van der Waals surface area contributed by atoms with Crippen LogP contribution < -0.4 is 4.74 Å². The van der Waals surface area contributed by atoms with Gasteiger partial charge < -0.3 is 9.84 Å². The fourth-order valence-electron chi connectivity index (χ4n) is 1.59. The van der Waals surface area contributed by atoms with Gasteiger partial charge in [-0.05, 0) is 41.1 Å². The maximum Gasteiger partial charge on any atom is 0.273 e. The quantitative estimate of drug-likeness (QED) is 0.679. The number of nitrogens with zero attached hydrogens (tertiary/aromatic N) is 1. The van der Waals surface area contributed by atoms with Crippen molar-refractivity contribution < 1.29 is 14.8 Å². The molecule has 0 radical (unpaired) electrons. The molecule has 98 valence electrons. The summed E-state index contributed by atoms with van der Waals surface area (Å²) in [5.74, 6) is 0.995. The highest BCUT2D eigenvalue weighted by Gasteiger charge is 2.15. The van der Waals surface area contributed by atoms with Gasteiger partial charge in [0.25, 0.3) is 5.69 Å². The van der Waals surface area contributed by atoms with Crippen LogP contribution in [0.2, 0.25) is 0 Å². The standard InChI is InChI=1S/C13H10BrNO4/c1-8-5-13(11(14)7-12(8)15(17)18)19-10-4-2-3-9(16)6-10/h2-7,16H,1H3. The summed E-state index contributed by atoms with van der Waals surface area (Å²) in [4.78, 5) is 10.4. The molecule has 1 N–H and O–H groups in total. The molecule has 0 aliphatic carbocycles. The van der Waals surface area contributed by atoms with Crippen molar-refractivity contribution in [1.82, 2.24) is 0 Å². The van der Waals surface area contributed by atoms with Gasteiger partial charge in [-0.2, -0.15) is 0 Å². The van der Waals surface area contributed by atoms with Crippen molar-refractivity contribution in [2.75, 3.05) is 0 Å². The molecule has 0 aromatic heterocycles. The second-order valence-electron chi connectivity index (χ2n) is 3.93. The zero-order chi connectivity index (χ0) is 14.0. The smallest absolute Gasteiger partial charge is 0.273 e. The largest absolute Gasteiger partial charge is 0.508 e. The zero-order valence-corrected chi connectivity index (χ0v) is 11.5. The van der Waals surface area contributed by atoms with E-state index >= 15 is 0 Å². The maximum absolute atomic E-state index is 10.8. The van der Waals surface area contributed by atoms with Gasteiger partial charge in [0.15, 0.2) is 0 Å². The number of hydrogen-bond donors (Lipinski definition) is 1. The Balaban J connectivity index is 2.36. The van der Waals surface area contributed by atoms with Gasteiger partial charge in [-0.25, -0.2) is 0 Å². The second kappa shape index (κ2) is 5.27. The first-order valence-electron chi connectivity index (χ1n) is 5.39. The lowest BCUT2D eigenvalue weighted by molar-refractivity contribution is -0.385. The molecule has 0 saturated heterocycles. The van der Waals surface area contributed by atoms with Crippen molar-refractivity contribution in [1.29, 1.82) is 0 Å². The number of halogens is 1. The third-order valence-electron chi connectivity index (χ3n) is 2.49. The molecule has 0 saturated carbocycles. The van der Waals surface area contributed by atoms with E-state index in [2.05, 4.69) is 15.9 Å². The van der Waals surface area contributed by atoms with E-state index in [0.717, 1.165) is 0 Å². The van der Waals surface area contributed by atoms with E-state index in [9.17, 15) is 15.2 Å². The Bertz CT molecular complexity index is 643. The van der Waals surface area contributed by atoms with Crippen molar-refractivity contribution in [3.05, 3.63) is 56.5 Å². The van der Waals surface area contributed by atoms with Gasteiger partial charge in [0.05, 0.1) is 9.40 Å². The van der Waals surface area contributed by atoms with Crippen LogP contribution in [0, 0.1) is 17.0 Å². The predicted octanol–water partition coefficient (Wildman–Crippen LogP) is 4.16. The average Bonchev–Trinajstić information content (AvgIpc) is 2.33. The number of nitro benzene ring substituents is 1. The van der Waals surface area contributed by atoms with Crippen molar-refractivity contribution in [2.24, 2.45) is 0 Å². The fourth-order valence-corrected chi connectivity index (χ4v) is 2.01. The van der Waals surface area contributed by atoms with Crippen LogP contribution in [0.4, 0.5) is 5.69 Å². The molecule has 0 aliphatic rings. The molecule has 0 spiro atoms. The number of ether oxygens (including phenoxy) is 1. The third-order valence-corrected chi connectivity index (χ3v) is 3.11. The van der Waals surface area contributed by atoms with Gasteiger partial charge in [-0.15, -0.1) is 0 Å². The fraction of sp³-hybridized carbons (Fsp3) is 0.0769. The van der Waals surface area contributed by atoms with Gasteiger partial charge in [0.2, 0.25) is 0 Å². The Kier molecular flexibility index (Phi) is 3.71. The first-order chi connectivity index (χ1) is 8.97. The minimum Gasteiger partial charge on any atom is -0.508 e. The molecule has 0 unspecified atom stereocenters. The Morgan fingerprint density at radius 2 is 2.05 bits per heavy atom. The number of hydrogen-bond acceptors (Lipinski definition) is 4. The number of phenolic OH excluding ortho intramolecular Hbond substituents is 1. The van der Waals surface area contributed by atoms with E-state index in [1.165, 1.54) is 18.2 Å². The van der Waals surface area contributed by atoms with Gasteiger partial charge in [-0.1, -0.05) is 6.07 Å². The molecule has 2 aromatic rings. The van der Waals surface area contributed by atoms with Crippen LogP contribution in [0.15, 0.2) is 40.9 Å². The van der Waals surface area contributed by atoms with E-state index in [1.54, 1.807) is 25.1 Å². The van der Waals surface area contributed by atoms with E-state index < -0.39 is 4.92 Å². The topological polar surface area (TPSA) is 72.6 Å².